The highest BCUT2D eigenvalue weighted by Crippen LogP contribution is 2.38. The summed E-state index contributed by atoms with van der Waals surface area (Å²) >= 11 is 0. The van der Waals surface area contributed by atoms with Crippen molar-refractivity contribution in [2.75, 3.05) is 5.73 Å². The molecule has 0 bridgehead atoms. The zero-order valence-electron chi connectivity index (χ0n) is 19.0. The molecule has 0 heterocycles. The van der Waals surface area contributed by atoms with E-state index < -0.39 is 0 Å². The Hall–Kier alpha value is -4.10. The highest BCUT2D eigenvalue weighted by Gasteiger charge is 2.12. The molecule has 0 fully saturated rings. The molecular formula is C32H27N. The second-order valence-corrected chi connectivity index (χ2v) is 8.67. The number of aryl methyl sites for hydroxylation is 2. The Labute approximate surface area is 196 Å². The number of para-hydroxylation sites is 1. The summed E-state index contributed by atoms with van der Waals surface area (Å²) in [7, 11) is 0. The summed E-state index contributed by atoms with van der Waals surface area (Å²) in [5.74, 6) is 0. The fourth-order valence-corrected chi connectivity index (χ4v) is 4.54. The van der Waals surface area contributed by atoms with Crippen molar-refractivity contribution in [1.82, 2.24) is 0 Å². The van der Waals surface area contributed by atoms with E-state index in [1.807, 2.05) is 12.1 Å². The average Bonchev–Trinajstić information content (AvgIpc) is 2.84. The lowest BCUT2D eigenvalue weighted by Crippen LogP contribution is -1.95. The predicted octanol–water partition coefficient (Wildman–Crippen LogP) is 8.55. The van der Waals surface area contributed by atoms with Gasteiger partial charge in [0.2, 0.25) is 0 Å². The van der Waals surface area contributed by atoms with Crippen molar-refractivity contribution in [3.8, 4) is 44.5 Å². The third kappa shape index (κ3) is 4.31. The minimum absolute atomic E-state index is 0.812. The third-order valence-corrected chi connectivity index (χ3v) is 6.10. The third-order valence-electron chi connectivity index (χ3n) is 6.10. The summed E-state index contributed by atoms with van der Waals surface area (Å²) in [4.78, 5) is 0. The van der Waals surface area contributed by atoms with Gasteiger partial charge in [0.15, 0.2) is 0 Å². The lowest BCUT2D eigenvalue weighted by atomic mass is 9.91. The molecule has 1 heteroatoms. The standard InChI is InChI=1S/C32H27N/c1-22-16-26(24-10-5-3-6-11-24)20-28(18-22)30-14-9-15-31(32(30)33)29-19-23(2)17-27(21-29)25-12-7-4-8-13-25/h3-21H,33H2,1-2H3. The van der Waals surface area contributed by atoms with Crippen molar-refractivity contribution in [3.63, 3.8) is 0 Å². The highest BCUT2D eigenvalue weighted by molar-refractivity contribution is 5.91. The first-order valence-electron chi connectivity index (χ1n) is 11.3. The first kappa shape index (κ1) is 20.8. The lowest BCUT2D eigenvalue weighted by molar-refractivity contribution is 1.45. The molecule has 0 amide bonds. The Morgan fingerprint density at radius 3 is 1.21 bits per heavy atom. The van der Waals surface area contributed by atoms with Crippen LogP contribution < -0.4 is 5.73 Å². The van der Waals surface area contributed by atoms with Crippen molar-refractivity contribution in [1.29, 1.82) is 0 Å². The van der Waals surface area contributed by atoms with Gasteiger partial charge in [-0.2, -0.15) is 0 Å². The second-order valence-electron chi connectivity index (χ2n) is 8.67. The van der Waals surface area contributed by atoms with E-state index in [-0.39, 0.29) is 0 Å². The van der Waals surface area contributed by atoms with Crippen molar-refractivity contribution in [2.45, 2.75) is 13.8 Å². The maximum Gasteiger partial charge on any atom is 0.0473 e. The fraction of sp³-hybridized carbons (Fsp3) is 0.0625. The van der Waals surface area contributed by atoms with E-state index in [9.17, 15) is 0 Å². The molecule has 5 rings (SSSR count). The number of rotatable bonds is 4. The van der Waals surface area contributed by atoms with Crippen LogP contribution in [0.4, 0.5) is 5.69 Å². The van der Waals surface area contributed by atoms with Gasteiger partial charge in [0.25, 0.3) is 0 Å². The van der Waals surface area contributed by atoms with Gasteiger partial charge in [-0.05, 0) is 70.5 Å². The van der Waals surface area contributed by atoms with Crippen LogP contribution in [0.5, 0.6) is 0 Å². The van der Waals surface area contributed by atoms with Gasteiger partial charge in [0.1, 0.15) is 0 Å². The number of anilines is 1. The second kappa shape index (κ2) is 8.80. The first-order valence-corrected chi connectivity index (χ1v) is 11.3. The van der Waals surface area contributed by atoms with E-state index in [1.54, 1.807) is 0 Å². The zero-order chi connectivity index (χ0) is 22.8. The Bertz CT molecular complexity index is 1310. The predicted molar refractivity (Wildman–Crippen MR) is 142 cm³/mol. The van der Waals surface area contributed by atoms with Crippen LogP contribution in [-0.2, 0) is 0 Å². The number of benzene rings is 5. The fourth-order valence-electron chi connectivity index (χ4n) is 4.54. The van der Waals surface area contributed by atoms with Crippen molar-refractivity contribution in [3.05, 3.63) is 126 Å². The number of nitrogen functional groups attached to an aromatic ring is 1. The van der Waals surface area contributed by atoms with Gasteiger partial charge < -0.3 is 5.73 Å². The number of hydrogen-bond acceptors (Lipinski definition) is 1. The van der Waals surface area contributed by atoms with Crippen LogP contribution >= 0.6 is 0 Å². The molecule has 0 atom stereocenters. The average molecular weight is 426 g/mol. The molecule has 0 saturated heterocycles. The SMILES string of the molecule is Cc1cc(-c2ccccc2)cc(-c2cccc(-c3cc(C)cc(-c4ccccc4)c3)c2N)c1. The molecule has 0 spiro atoms. The van der Waals surface area contributed by atoms with Gasteiger partial charge in [-0.1, -0.05) is 103 Å². The molecule has 0 saturated carbocycles. The van der Waals surface area contributed by atoms with E-state index in [1.165, 1.54) is 33.4 Å². The molecule has 33 heavy (non-hydrogen) atoms. The topological polar surface area (TPSA) is 26.0 Å². The maximum absolute atomic E-state index is 6.83. The molecule has 5 aromatic carbocycles. The Morgan fingerprint density at radius 1 is 0.394 bits per heavy atom. The van der Waals surface area contributed by atoms with E-state index in [0.717, 1.165) is 27.9 Å². The molecule has 0 aliphatic heterocycles. The summed E-state index contributed by atoms with van der Waals surface area (Å²) < 4.78 is 0. The molecule has 160 valence electrons. The Balaban J connectivity index is 1.62. The summed E-state index contributed by atoms with van der Waals surface area (Å²) in [6.45, 7) is 4.28. The van der Waals surface area contributed by atoms with Crippen LogP contribution in [0, 0.1) is 13.8 Å². The van der Waals surface area contributed by atoms with Gasteiger partial charge in [0, 0.05) is 16.8 Å². The quantitative estimate of drug-likeness (QED) is 0.287. The van der Waals surface area contributed by atoms with Crippen molar-refractivity contribution in [2.24, 2.45) is 0 Å². The smallest absolute Gasteiger partial charge is 0.0473 e. The summed E-state index contributed by atoms with van der Waals surface area (Å²) in [6.07, 6.45) is 0. The van der Waals surface area contributed by atoms with Crippen LogP contribution in [0.15, 0.2) is 115 Å². The summed E-state index contributed by atoms with van der Waals surface area (Å²) in [5.41, 5.74) is 19.3. The van der Waals surface area contributed by atoms with Crippen LogP contribution in [-0.4, -0.2) is 0 Å². The summed E-state index contributed by atoms with van der Waals surface area (Å²) in [5, 5.41) is 0. The van der Waals surface area contributed by atoms with Crippen LogP contribution in [0.2, 0.25) is 0 Å². The number of hydrogen-bond donors (Lipinski definition) is 1. The van der Waals surface area contributed by atoms with Crippen molar-refractivity contribution < 1.29 is 0 Å². The molecule has 1 nitrogen and oxygen atoms in total. The van der Waals surface area contributed by atoms with Crippen LogP contribution in [0.25, 0.3) is 44.5 Å². The van der Waals surface area contributed by atoms with Gasteiger partial charge in [-0.3, -0.25) is 0 Å². The molecule has 0 aliphatic carbocycles. The van der Waals surface area contributed by atoms with Crippen LogP contribution in [0.3, 0.4) is 0 Å². The molecule has 0 unspecified atom stereocenters. The normalized spacial score (nSPS) is 10.8. The monoisotopic (exact) mass is 425 g/mol. The minimum atomic E-state index is 0.812. The largest absolute Gasteiger partial charge is 0.398 e. The molecule has 5 aromatic rings. The zero-order valence-corrected chi connectivity index (χ0v) is 19.0. The Kier molecular flexibility index (Phi) is 5.54. The van der Waals surface area contributed by atoms with Crippen LogP contribution in [0.1, 0.15) is 11.1 Å². The van der Waals surface area contributed by atoms with E-state index in [4.69, 9.17) is 5.73 Å². The first-order chi connectivity index (χ1) is 16.1. The van der Waals surface area contributed by atoms with Crippen molar-refractivity contribution >= 4 is 5.69 Å². The lowest BCUT2D eigenvalue weighted by Gasteiger charge is -2.15. The molecule has 0 aliphatic rings. The van der Waals surface area contributed by atoms with E-state index >= 15 is 0 Å². The van der Waals surface area contributed by atoms with Gasteiger partial charge in [-0.25, -0.2) is 0 Å². The number of nitrogens with two attached hydrogens (primary N) is 1. The molecule has 0 radical (unpaired) electrons. The molecular weight excluding hydrogens is 398 g/mol. The molecule has 0 aromatic heterocycles. The minimum Gasteiger partial charge on any atom is -0.398 e. The summed E-state index contributed by atoms with van der Waals surface area (Å²) in [6, 6.07) is 40.7. The van der Waals surface area contributed by atoms with Gasteiger partial charge in [0.05, 0.1) is 0 Å². The van der Waals surface area contributed by atoms with E-state index in [2.05, 4.69) is 117 Å². The highest BCUT2D eigenvalue weighted by atomic mass is 14.6. The van der Waals surface area contributed by atoms with E-state index in [0.29, 0.717) is 0 Å². The van der Waals surface area contributed by atoms with Gasteiger partial charge in [-0.15, -0.1) is 0 Å². The Morgan fingerprint density at radius 2 is 0.788 bits per heavy atom. The molecule has 2 N–H and O–H groups in total. The van der Waals surface area contributed by atoms with Gasteiger partial charge >= 0.3 is 0 Å². The maximum atomic E-state index is 6.83.